The van der Waals surface area contributed by atoms with E-state index < -0.39 is 59.2 Å². The molecule has 2 fully saturated rings. The average Bonchev–Trinajstić information content (AvgIpc) is 1.56. The molecule has 2 saturated heterocycles. The first-order valence-corrected chi connectivity index (χ1v) is 34.8. The summed E-state index contributed by atoms with van der Waals surface area (Å²) in [5.41, 5.74) is -0.202. The van der Waals surface area contributed by atoms with Gasteiger partial charge in [-0.05, 0) is 126 Å². The summed E-state index contributed by atoms with van der Waals surface area (Å²) in [6, 6.07) is 0. The topological polar surface area (TPSA) is 470 Å². The highest BCUT2D eigenvalue weighted by molar-refractivity contribution is 6.13. The molecule has 0 aliphatic carbocycles. The van der Waals surface area contributed by atoms with Crippen LogP contribution in [-0.4, -0.2) is 255 Å². The lowest BCUT2D eigenvalue weighted by atomic mass is 9.72. The zero-order valence-corrected chi connectivity index (χ0v) is 58.8. The number of carbonyl (C=O) groups is 16. The molecule has 102 heavy (non-hydrogen) atoms. The van der Waals surface area contributed by atoms with Crippen molar-refractivity contribution in [3.8, 4) is 0 Å². The van der Waals surface area contributed by atoms with Gasteiger partial charge >= 0.3 is 11.9 Å². The van der Waals surface area contributed by atoms with E-state index in [9.17, 15) is 87.5 Å². The largest absolute Gasteiger partial charge is 0.396 e. The van der Waals surface area contributed by atoms with Gasteiger partial charge in [0.2, 0.25) is 23.6 Å². The Kier molecular flexibility index (Phi) is 50.8. The Labute approximate surface area is 594 Å². The average molecular weight is 1450 g/mol. The number of carbonyl (C=O) groups excluding carboxylic acids is 16. The van der Waals surface area contributed by atoms with Crippen molar-refractivity contribution >= 4 is 96.4 Å². The molecule has 0 radical (unpaired) electrons. The summed E-state index contributed by atoms with van der Waals surface area (Å²) >= 11 is 0. The fourth-order valence-electron chi connectivity index (χ4n) is 11.5. The van der Waals surface area contributed by atoms with Gasteiger partial charge in [-0.25, -0.2) is 9.59 Å². The van der Waals surface area contributed by atoms with E-state index in [4.69, 9.17) is 38.2 Å². The highest BCUT2D eigenvalue weighted by atomic mass is 16.7. The molecule has 0 unspecified atom stereocenters. The highest BCUT2D eigenvalue weighted by Crippen LogP contribution is 2.41. The minimum Gasteiger partial charge on any atom is -0.396 e. The fraction of sp³-hybridized carbons (Fsp3) is 0.706. The van der Waals surface area contributed by atoms with Crippen molar-refractivity contribution < 1.29 is 126 Å². The summed E-state index contributed by atoms with van der Waals surface area (Å²) in [7, 11) is 0. The number of aliphatic hydroxyl groups is 4. The van der Waals surface area contributed by atoms with Gasteiger partial charge in [0.25, 0.3) is 47.3 Å². The summed E-state index contributed by atoms with van der Waals surface area (Å²) in [4.78, 5) is 192. The summed E-state index contributed by atoms with van der Waals surface area (Å²) in [6.07, 6.45) is 17.3. The van der Waals surface area contributed by atoms with Gasteiger partial charge in [0.05, 0.1) is 26.4 Å². The predicted octanol–water partition coefficient (Wildman–Crippen LogP) is 0.503. The zero-order chi connectivity index (χ0) is 75.8. The Morgan fingerprint density at radius 1 is 0.343 bits per heavy atom. The second-order valence-corrected chi connectivity index (χ2v) is 24.2. The third-order valence-electron chi connectivity index (χ3n) is 16.6. The number of hydrogen-bond acceptors (Lipinski definition) is 26. The molecular formula is C68H108N8O26. The van der Waals surface area contributed by atoms with Crippen LogP contribution < -0.4 is 21.3 Å². The van der Waals surface area contributed by atoms with Crippen LogP contribution in [0.3, 0.4) is 0 Å². The summed E-state index contributed by atoms with van der Waals surface area (Å²) < 4.78 is 22.9. The number of amides is 12. The minimum atomic E-state index is -0.750. The molecule has 0 atom stereocenters. The van der Waals surface area contributed by atoms with E-state index in [2.05, 4.69) is 21.3 Å². The molecule has 0 aromatic rings. The van der Waals surface area contributed by atoms with E-state index in [0.717, 1.165) is 86.8 Å². The van der Waals surface area contributed by atoms with E-state index in [1.54, 1.807) is 0 Å². The standard InChI is InChI=1S/C35H56N4O14.C31H48N4O10.2CH2O/c40-21-3-15-35(16-4-22-41,17-5-23-50-25-19-36-27(42)7-1-9-33(48)52-38-29(44)11-12-30(38)45)18-6-24-51-26-20-37-28(43)8-2-10-34(49)53-39-31(46)13-14-32(39)47;36-19-1-11-31(12-2-20-37,13-3-21-44-23-15-32-25(38)9-17-34-27(40)5-6-28(34)41)14-4-22-45-24-16-33-26(39)10-18-35-29(42)7-8-30(35)43;2*1-2/h40-41H,1-26H2,(H,36,42)(H,37,43);5-8,36-37H,1-4,9-24H2,(H,32,38)(H,33,39);2*1H2. The molecule has 34 heteroatoms. The van der Waals surface area contributed by atoms with Crippen molar-refractivity contribution in [3.63, 3.8) is 0 Å². The fourth-order valence-corrected chi connectivity index (χ4v) is 11.5. The minimum absolute atomic E-state index is 0.0124. The first-order valence-electron chi connectivity index (χ1n) is 34.8. The summed E-state index contributed by atoms with van der Waals surface area (Å²) in [5, 5.41) is 49.9. The molecule has 8 N–H and O–H groups in total. The first kappa shape index (κ1) is 91.9. The van der Waals surface area contributed by atoms with Gasteiger partial charge in [-0.1, -0.05) is 0 Å². The van der Waals surface area contributed by atoms with Gasteiger partial charge in [-0.3, -0.25) is 67.3 Å². The predicted molar refractivity (Wildman–Crippen MR) is 360 cm³/mol. The molecule has 4 rings (SSSR count). The van der Waals surface area contributed by atoms with Crippen molar-refractivity contribution in [1.29, 1.82) is 0 Å². The molecule has 0 aromatic heterocycles. The Morgan fingerprint density at radius 3 is 0.824 bits per heavy atom. The Morgan fingerprint density at radius 2 is 0.578 bits per heavy atom. The number of nitrogens with zero attached hydrogens (tertiary/aromatic N) is 4. The normalized spacial score (nSPS) is 14.2. The Hall–Kier alpha value is -8.12. The van der Waals surface area contributed by atoms with Crippen molar-refractivity contribution in [2.45, 2.75) is 180 Å². The van der Waals surface area contributed by atoms with Gasteiger partial charge in [-0.15, -0.1) is 10.1 Å². The lowest BCUT2D eigenvalue weighted by molar-refractivity contribution is -0.197. The van der Waals surface area contributed by atoms with Crippen molar-refractivity contribution in [2.75, 3.05) is 119 Å². The molecule has 0 spiro atoms. The van der Waals surface area contributed by atoms with Gasteiger partial charge in [0.15, 0.2) is 0 Å². The van der Waals surface area contributed by atoms with Crippen molar-refractivity contribution in [2.24, 2.45) is 10.8 Å². The van der Waals surface area contributed by atoms with Crippen LogP contribution in [-0.2, 0) is 105 Å². The molecule has 576 valence electrons. The molecule has 0 saturated carbocycles. The Balaban J connectivity index is 0.000000984. The third kappa shape index (κ3) is 39.9. The maximum atomic E-state index is 12.1. The van der Waals surface area contributed by atoms with E-state index in [1.807, 2.05) is 13.6 Å². The van der Waals surface area contributed by atoms with E-state index in [0.29, 0.717) is 102 Å². The van der Waals surface area contributed by atoms with Crippen LogP contribution in [0.5, 0.6) is 0 Å². The van der Waals surface area contributed by atoms with Crippen LogP contribution in [0.15, 0.2) is 24.3 Å². The summed E-state index contributed by atoms with van der Waals surface area (Å²) in [6.45, 7) is 8.72. The number of aliphatic hydroxyl groups excluding tert-OH is 4. The maximum absolute atomic E-state index is 12.1. The smallest absolute Gasteiger partial charge is 0.333 e. The number of rotatable bonds is 56. The quantitative estimate of drug-likeness (QED) is 0.0304. The maximum Gasteiger partial charge on any atom is 0.333 e. The van der Waals surface area contributed by atoms with Crippen LogP contribution in [0, 0.1) is 10.8 Å². The van der Waals surface area contributed by atoms with Crippen molar-refractivity contribution in [1.82, 2.24) is 41.2 Å². The number of nitrogens with one attached hydrogen (secondary N) is 4. The zero-order valence-electron chi connectivity index (χ0n) is 58.8. The number of ether oxygens (including phenoxy) is 4. The second kappa shape index (κ2) is 56.4. The monoisotopic (exact) mass is 1450 g/mol. The summed E-state index contributed by atoms with van der Waals surface area (Å²) in [5.74, 6) is -6.45. The van der Waals surface area contributed by atoms with E-state index in [1.165, 1.54) is 24.3 Å². The number of hydroxylamine groups is 4. The van der Waals surface area contributed by atoms with Gasteiger partial charge < -0.3 is 79.9 Å². The van der Waals surface area contributed by atoms with Crippen LogP contribution in [0.25, 0.3) is 0 Å². The molecule has 12 amide bonds. The van der Waals surface area contributed by atoms with Crippen LogP contribution in [0.1, 0.15) is 180 Å². The molecule has 0 bridgehead atoms. The highest BCUT2D eigenvalue weighted by Gasteiger charge is 2.35. The Bertz CT molecular complexity index is 2430. The molecule has 4 aliphatic rings. The SMILES string of the molecule is C=O.C=O.O=C(CCCC(=O)ON1C(=O)CCC1=O)NCCOCCCC(CCCO)(CCCO)CCCOCCNC(=O)CCCC(=O)ON1C(=O)CCC1=O.O=C(CCN1C(=O)C=CC1=O)NCCOCCCC(CCCO)(CCCO)CCCOCCNC(=O)CCN1C(=O)C=CC1=O. The number of imide groups is 4. The molecule has 4 heterocycles. The lowest BCUT2D eigenvalue weighted by Gasteiger charge is -2.34. The van der Waals surface area contributed by atoms with Gasteiger partial charge in [-0.2, -0.15) is 0 Å². The second-order valence-electron chi connectivity index (χ2n) is 24.2. The lowest BCUT2D eigenvalue weighted by Crippen LogP contribution is -2.35. The molecule has 34 nitrogen and oxygen atoms in total. The third-order valence-corrected chi connectivity index (χ3v) is 16.6. The number of hydrogen-bond donors (Lipinski definition) is 8. The van der Waals surface area contributed by atoms with Gasteiger partial charge in [0, 0.05) is 181 Å². The molecule has 0 aromatic carbocycles. The van der Waals surface area contributed by atoms with Crippen LogP contribution in [0.4, 0.5) is 0 Å². The van der Waals surface area contributed by atoms with E-state index >= 15 is 0 Å². The molecule has 4 aliphatic heterocycles. The van der Waals surface area contributed by atoms with Crippen LogP contribution >= 0.6 is 0 Å². The first-order chi connectivity index (χ1) is 49.2. The molecular weight excluding hydrogens is 1340 g/mol. The van der Waals surface area contributed by atoms with E-state index in [-0.39, 0.29) is 164 Å². The van der Waals surface area contributed by atoms with Gasteiger partial charge in [0.1, 0.15) is 13.6 Å². The van der Waals surface area contributed by atoms with Crippen molar-refractivity contribution in [3.05, 3.63) is 24.3 Å². The van der Waals surface area contributed by atoms with Crippen LogP contribution in [0.2, 0.25) is 0 Å².